The topological polar surface area (TPSA) is 100 Å². The van der Waals surface area contributed by atoms with Crippen molar-refractivity contribution in [3.05, 3.63) is 77.9 Å². The number of benzene rings is 3. The highest BCUT2D eigenvalue weighted by Crippen LogP contribution is 2.43. The lowest BCUT2D eigenvalue weighted by Crippen LogP contribution is -2.40. The molecule has 216 valence electrons. The predicted octanol–water partition coefficient (Wildman–Crippen LogP) is 4.89. The third-order valence-electron chi connectivity index (χ3n) is 7.47. The molecule has 5 rings (SSSR count). The molecule has 1 fully saturated rings. The third-order valence-corrected chi connectivity index (χ3v) is 8.67. The summed E-state index contributed by atoms with van der Waals surface area (Å²) >= 11 is 0. The fraction of sp³-hybridized carbons (Fsp3) is 0.323. The van der Waals surface area contributed by atoms with Gasteiger partial charge in [-0.05, 0) is 61.8 Å². The molecule has 0 bridgehead atoms. The first-order valence-corrected chi connectivity index (χ1v) is 15.6. The fourth-order valence-electron chi connectivity index (χ4n) is 5.39. The summed E-state index contributed by atoms with van der Waals surface area (Å²) in [6.45, 7) is 3.10. The SMILES string of the molecule is COc1cc2c(cc1OC)C(=C(Nc1ccc(N(CCN3CCCCC3)S(C)(=O)=O)cc1)c1ccccc1)C(=O)N2. The van der Waals surface area contributed by atoms with Crippen LogP contribution in [0.1, 0.15) is 30.4 Å². The van der Waals surface area contributed by atoms with Gasteiger partial charge in [0.2, 0.25) is 10.0 Å². The Hall–Kier alpha value is -4.02. The van der Waals surface area contributed by atoms with Crippen molar-refractivity contribution in [1.82, 2.24) is 4.90 Å². The maximum Gasteiger partial charge on any atom is 0.258 e. The average Bonchev–Trinajstić information content (AvgIpc) is 3.30. The summed E-state index contributed by atoms with van der Waals surface area (Å²) in [5.74, 6) is 0.787. The van der Waals surface area contributed by atoms with E-state index in [4.69, 9.17) is 9.47 Å². The number of carbonyl (C=O) groups is 1. The summed E-state index contributed by atoms with van der Waals surface area (Å²) in [6, 6.07) is 20.4. The summed E-state index contributed by atoms with van der Waals surface area (Å²) < 4.78 is 37.8. The maximum absolute atomic E-state index is 13.3. The summed E-state index contributed by atoms with van der Waals surface area (Å²) in [5.41, 5.74) is 4.55. The quantitative estimate of drug-likeness (QED) is 0.332. The lowest BCUT2D eigenvalue weighted by atomic mass is 9.99. The first kappa shape index (κ1) is 28.5. The van der Waals surface area contributed by atoms with Gasteiger partial charge >= 0.3 is 0 Å². The molecule has 1 saturated heterocycles. The molecule has 3 aromatic rings. The highest BCUT2D eigenvalue weighted by molar-refractivity contribution is 7.92. The molecule has 1 amide bonds. The van der Waals surface area contributed by atoms with Crippen LogP contribution in [0, 0.1) is 0 Å². The number of hydrogen-bond donors (Lipinski definition) is 2. The largest absolute Gasteiger partial charge is 0.493 e. The second-order valence-electron chi connectivity index (χ2n) is 10.2. The normalized spacial score (nSPS) is 16.5. The summed E-state index contributed by atoms with van der Waals surface area (Å²) in [5, 5.41) is 6.38. The van der Waals surface area contributed by atoms with Crippen LogP contribution in [0.5, 0.6) is 11.5 Å². The van der Waals surface area contributed by atoms with Crippen LogP contribution in [0.15, 0.2) is 66.7 Å². The molecule has 0 unspecified atom stereocenters. The number of amides is 1. The number of sulfonamides is 1. The molecule has 0 atom stereocenters. The van der Waals surface area contributed by atoms with Crippen molar-refractivity contribution in [1.29, 1.82) is 0 Å². The summed E-state index contributed by atoms with van der Waals surface area (Å²) in [6.07, 6.45) is 4.78. The maximum atomic E-state index is 13.3. The van der Waals surface area contributed by atoms with Crippen LogP contribution in [0.4, 0.5) is 17.1 Å². The van der Waals surface area contributed by atoms with E-state index in [1.165, 1.54) is 17.0 Å². The van der Waals surface area contributed by atoms with Crippen molar-refractivity contribution in [2.45, 2.75) is 19.3 Å². The summed E-state index contributed by atoms with van der Waals surface area (Å²) in [7, 11) is -0.352. The zero-order chi connectivity index (χ0) is 29.0. The monoisotopic (exact) mass is 576 g/mol. The van der Waals surface area contributed by atoms with Gasteiger partial charge in [0, 0.05) is 30.4 Å². The van der Waals surface area contributed by atoms with Gasteiger partial charge in [0.1, 0.15) is 0 Å². The highest BCUT2D eigenvalue weighted by atomic mass is 32.2. The van der Waals surface area contributed by atoms with Crippen molar-refractivity contribution < 1.29 is 22.7 Å². The minimum absolute atomic E-state index is 0.251. The molecule has 0 radical (unpaired) electrons. The third kappa shape index (κ3) is 6.34. The number of rotatable bonds is 10. The van der Waals surface area contributed by atoms with Gasteiger partial charge in [-0.3, -0.25) is 9.10 Å². The van der Waals surface area contributed by atoms with E-state index in [1.54, 1.807) is 38.5 Å². The molecule has 0 spiro atoms. The molecule has 2 aliphatic heterocycles. The van der Waals surface area contributed by atoms with Gasteiger partial charge in [-0.15, -0.1) is 0 Å². The molecule has 9 nitrogen and oxygen atoms in total. The van der Waals surface area contributed by atoms with Gasteiger partial charge in [0.05, 0.1) is 43.1 Å². The lowest BCUT2D eigenvalue weighted by molar-refractivity contribution is -0.110. The Morgan fingerprint density at radius 1 is 0.951 bits per heavy atom. The molecule has 0 aromatic heterocycles. The molecule has 2 heterocycles. The van der Waals surface area contributed by atoms with E-state index < -0.39 is 10.0 Å². The molecular formula is C31H36N4O5S. The smallest absolute Gasteiger partial charge is 0.258 e. The number of fused-ring (bicyclic) bond motifs is 1. The van der Waals surface area contributed by atoms with Gasteiger partial charge in [-0.1, -0.05) is 36.8 Å². The zero-order valence-corrected chi connectivity index (χ0v) is 24.5. The highest BCUT2D eigenvalue weighted by Gasteiger charge is 2.30. The number of carbonyl (C=O) groups excluding carboxylic acids is 1. The standard InChI is InChI=1S/C31H36N4O5S/c1-39-27-20-25-26(21-28(27)40-2)33-31(36)29(25)30(22-10-6-4-7-11-22)32-23-12-14-24(15-13-23)35(41(3,37)38)19-18-34-16-8-5-9-17-34/h4,6-7,10-15,20-21,32H,5,8-9,16-19H2,1-3H3,(H,33,36). The van der Waals surface area contributed by atoms with Crippen molar-refractivity contribution >= 4 is 44.3 Å². The molecule has 2 aliphatic rings. The van der Waals surface area contributed by atoms with Crippen molar-refractivity contribution in [3.8, 4) is 11.5 Å². The number of nitrogens with zero attached hydrogens (tertiary/aromatic N) is 2. The van der Waals surface area contributed by atoms with E-state index in [2.05, 4.69) is 15.5 Å². The van der Waals surface area contributed by atoms with E-state index in [-0.39, 0.29) is 5.91 Å². The Morgan fingerprint density at radius 3 is 2.24 bits per heavy atom. The Kier molecular flexibility index (Phi) is 8.51. The number of ether oxygens (including phenoxy) is 2. The van der Waals surface area contributed by atoms with Gasteiger partial charge in [0.15, 0.2) is 11.5 Å². The summed E-state index contributed by atoms with van der Waals surface area (Å²) in [4.78, 5) is 15.6. The van der Waals surface area contributed by atoms with Gasteiger partial charge in [0.25, 0.3) is 5.91 Å². The zero-order valence-electron chi connectivity index (χ0n) is 23.6. The van der Waals surface area contributed by atoms with E-state index in [0.29, 0.717) is 58.5 Å². The second-order valence-corrected chi connectivity index (χ2v) is 12.1. The van der Waals surface area contributed by atoms with Crippen LogP contribution in [-0.4, -0.2) is 65.9 Å². The Labute approximate surface area is 241 Å². The van der Waals surface area contributed by atoms with Crippen LogP contribution >= 0.6 is 0 Å². The molecule has 0 saturated carbocycles. The Balaban J connectivity index is 1.48. The minimum atomic E-state index is -3.46. The van der Waals surface area contributed by atoms with Crippen LogP contribution in [0.2, 0.25) is 0 Å². The van der Waals surface area contributed by atoms with Crippen LogP contribution < -0.4 is 24.4 Å². The van der Waals surface area contributed by atoms with E-state index in [9.17, 15) is 13.2 Å². The van der Waals surface area contributed by atoms with Gasteiger partial charge in [-0.2, -0.15) is 0 Å². The van der Waals surface area contributed by atoms with Crippen LogP contribution in [0.3, 0.4) is 0 Å². The average molecular weight is 577 g/mol. The first-order chi connectivity index (χ1) is 19.8. The number of anilines is 3. The number of hydrogen-bond acceptors (Lipinski definition) is 7. The van der Waals surface area contributed by atoms with Crippen molar-refractivity contribution in [2.24, 2.45) is 0 Å². The molecule has 41 heavy (non-hydrogen) atoms. The van der Waals surface area contributed by atoms with E-state index >= 15 is 0 Å². The first-order valence-electron chi connectivity index (χ1n) is 13.7. The Morgan fingerprint density at radius 2 is 1.61 bits per heavy atom. The van der Waals surface area contributed by atoms with Gasteiger partial charge < -0.3 is 25.0 Å². The number of methoxy groups -OCH3 is 2. The van der Waals surface area contributed by atoms with Crippen LogP contribution in [-0.2, 0) is 14.8 Å². The van der Waals surface area contributed by atoms with E-state index in [1.807, 2.05) is 42.5 Å². The number of piperidine rings is 1. The molecule has 2 N–H and O–H groups in total. The molecule has 3 aromatic carbocycles. The number of likely N-dealkylation sites (tertiary alicyclic amines) is 1. The number of nitrogens with one attached hydrogen (secondary N) is 2. The molecular weight excluding hydrogens is 540 g/mol. The van der Waals surface area contributed by atoms with Gasteiger partial charge in [-0.25, -0.2) is 8.42 Å². The van der Waals surface area contributed by atoms with Crippen LogP contribution in [0.25, 0.3) is 11.3 Å². The fourth-order valence-corrected chi connectivity index (χ4v) is 6.30. The second kappa shape index (κ2) is 12.2. The van der Waals surface area contributed by atoms with Crippen molar-refractivity contribution in [3.63, 3.8) is 0 Å². The van der Waals surface area contributed by atoms with Crippen molar-refractivity contribution in [2.75, 3.05) is 61.6 Å². The minimum Gasteiger partial charge on any atom is -0.493 e. The lowest BCUT2D eigenvalue weighted by Gasteiger charge is -2.30. The predicted molar refractivity (Wildman–Crippen MR) is 164 cm³/mol. The molecule has 0 aliphatic carbocycles. The molecule has 10 heteroatoms. The Bertz CT molecular complexity index is 1530. The van der Waals surface area contributed by atoms with E-state index in [0.717, 1.165) is 31.5 Å².